The molecule has 0 aliphatic heterocycles. The van der Waals surface area contributed by atoms with Gasteiger partial charge < -0.3 is 10.6 Å². The molecule has 0 saturated heterocycles. The van der Waals surface area contributed by atoms with Crippen LogP contribution >= 0.6 is 0 Å². The van der Waals surface area contributed by atoms with Gasteiger partial charge in [0.15, 0.2) is 0 Å². The minimum atomic E-state index is 0.948. The van der Waals surface area contributed by atoms with E-state index in [-0.39, 0.29) is 0 Å². The lowest BCUT2D eigenvalue weighted by Crippen LogP contribution is -2.15. The second kappa shape index (κ2) is 10.1. The van der Waals surface area contributed by atoms with Crippen LogP contribution in [-0.2, 0) is 13.0 Å². The number of hydrogen-bond donors (Lipinski definition) is 2. The van der Waals surface area contributed by atoms with Crippen molar-refractivity contribution in [3.05, 3.63) is 108 Å². The van der Waals surface area contributed by atoms with Gasteiger partial charge in [-0.15, -0.1) is 0 Å². The summed E-state index contributed by atoms with van der Waals surface area (Å²) in [6.45, 7) is 12.4. The molecule has 0 unspecified atom stereocenters. The summed E-state index contributed by atoms with van der Waals surface area (Å²) in [5.41, 5.74) is 8.17. The standard InChI is InChI=1S/C26H30N2/c1-20-10-4-6-13-24(20)19-27-17-9-8-12-23-15-16-26(22(3)18-23)28-25-14-7-5-11-21(25)2/h4-7,10-11,13-16,18,27-28H,2-3,8-9,12,17,19H2,1H3. The van der Waals surface area contributed by atoms with Gasteiger partial charge in [0, 0.05) is 17.9 Å². The third-order valence-corrected chi connectivity index (χ3v) is 5.10. The minimum Gasteiger partial charge on any atom is -0.355 e. The first-order chi connectivity index (χ1) is 13.6. The van der Waals surface area contributed by atoms with Crippen molar-refractivity contribution in [1.82, 2.24) is 5.32 Å². The first-order valence-electron chi connectivity index (χ1n) is 10.0. The Balaban J connectivity index is 1.42. The van der Waals surface area contributed by atoms with Gasteiger partial charge in [0.25, 0.3) is 0 Å². The zero-order chi connectivity index (χ0) is 19.8. The maximum atomic E-state index is 4.21. The molecule has 0 aliphatic rings. The zero-order valence-corrected chi connectivity index (χ0v) is 16.8. The van der Waals surface area contributed by atoms with E-state index in [4.69, 9.17) is 0 Å². The molecular formula is C26H30N2. The molecule has 2 N–H and O–H groups in total. The Morgan fingerprint density at radius 3 is 2.32 bits per heavy atom. The summed E-state index contributed by atoms with van der Waals surface area (Å²) < 4.78 is 0. The Morgan fingerprint density at radius 1 is 0.786 bits per heavy atom. The van der Waals surface area contributed by atoms with E-state index in [0.717, 1.165) is 42.0 Å². The van der Waals surface area contributed by atoms with Gasteiger partial charge in [0.05, 0.1) is 0 Å². The summed E-state index contributed by atoms with van der Waals surface area (Å²) in [5.74, 6) is 0. The number of anilines is 2. The number of para-hydroxylation sites is 1. The molecule has 0 fully saturated rings. The molecule has 0 heterocycles. The summed E-state index contributed by atoms with van der Waals surface area (Å²) in [6, 6.07) is 23.1. The largest absolute Gasteiger partial charge is 0.355 e. The van der Waals surface area contributed by atoms with Crippen molar-refractivity contribution < 1.29 is 0 Å². The van der Waals surface area contributed by atoms with Crippen molar-refractivity contribution in [3.63, 3.8) is 0 Å². The van der Waals surface area contributed by atoms with E-state index >= 15 is 0 Å². The summed E-state index contributed by atoms with van der Waals surface area (Å²) >= 11 is 0. The summed E-state index contributed by atoms with van der Waals surface area (Å²) in [4.78, 5) is 0. The molecule has 0 aliphatic carbocycles. The number of benzene rings is 3. The second-order valence-corrected chi connectivity index (χ2v) is 7.33. The topological polar surface area (TPSA) is 24.1 Å². The summed E-state index contributed by atoms with van der Waals surface area (Å²) in [7, 11) is 0. The molecule has 0 atom stereocenters. The molecule has 2 radical (unpaired) electrons. The molecule has 3 aromatic rings. The average Bonchev–Trinajstić information content (AvgIpc) is 2.69. The van der Waals surface area contributed by atoms with Crippen LogP contribution in [0.15, 0.2) is 66.7 Å². The van der Waals surface area contributed by atoms with E-state index in [0.29, 0.717) is 0 Å². The average molecular weight is 371 g/mol. The monoisotopic (exact) mass is 370 g/mol. The minimum absolute atomic E-state index is 0.948. The molecule has 28 heavy (non-hydrogen) atoms. The lowest BCUT2D eigenvalue weighted by molar-refractivity contribution is 0.621. The normalized spacial score (nSPS) is 10.8. The smallest absolute Gasteiger partial charge is 0.0417 e. The van der Waals surface area contributed by atoms with Gasteiger partial charge in [0.2, 0.25) is 0 Å². The summed E-state index contributed by atoms with van der Waals surface area (Å²) in [6.07, 6.45) is 3.43. The van der Waals surface area contributed by atoms with Gasteiger partial charge in [-0.05, 0) is 86.5 Å². The highest BCUT2D eigenvalue weighted by atomic mass is 14.9. The van der Waals surface area contributed by atoms with Crippen LogP contribution in [0.1, 0.15) is 40.7 Å². The van der Waals surface area contributed by atoms with Crippen molar-refractivity contribution in [2.45, 2.75) is 32.7 Å². The maximum absolute atomic E-state index is 4.21. The van der Waals surface area contributed by atoms with Crippen molar-refractivity contribution in [1.29, 1.82) is 0 Å². The molecule has 3 rings (SSSR count). The number of hydrogen-bond acceptors (Lipinski definition) is 2. The van der Waals surface area contributed by atoms with Gasteiger partial charge in [-0.2, -0.15) is 0 Å². The van der Waals surface area contributed by atoms with E-state index in [2.05, 4.69) is 73.9 Å². The molecular weight excluding hydrogens is 340 g/mol. The van der Waals surface area contributed by atoms with Crippen LogP contribution in [0, 0.1) is 20.8 Å². The fourth-order valence-corrected chi connectivity index (χ4v) is 3.32. The number of rotatable bonds is 9. The van der Waals surface area contributed by atoms with Crippen LogP contribution < -0.4 is 10.6 Å². The first-order valence-corrected chi connectivity index (χ1v) is 10.0. The predicted octanol–water partition coefficient (Wildman–Crippen LogP) is 6.22. The predicted molar refractivity (Wildman–Crippen MR) is 121 cm³/mol. The Kier molecular flexibility index (Phi) is 7.27. The molecule has 0 aromatic heterocycles. The van der Waals surface area contributed by atoms with Crippen LogP contribution in [0.25, 0.3) is 0 Å². The van der Waals surface area contributed by atoms with Crippen molar-refractivity contribution in [2.75, 3.05) is 11.9 Å². The second-order valence-electron chi connectivity index (χ2n) is 7.33. The number of unbranched alkanes of at least 4 members (excludes halogenated alkanes) is 1. The van der Waals surface area contributed by atoms with Crippen molar-refractivity contribution >= 4 is 11.4 Å². The highest BCUT2D eigenvalue weighted by Gasteiger charge is 2.03. The third-order valence-electron chi connectivity index (χ3n) is 5.10. The molecule has 3 aromatic carbocycles. The van der Waals surface area contributed by atoms with Crippen LogP contribution in [0.2, 0.25) is 0 Å². The van der Waals surface area contributed by atoms with Crippen LogP contribution in [-0.4, -0.2) is 6.54 Å². The fourth-order valence-electron chi connectivity index (χ4n) is 3.32. The lowest BCUT2D eigenvalue weighted by atomic mass is 10.0. The van der Waals surface area contributed by atoms with E-state index in [1.54, 1.807) is 0 Å². The molecule has 144 valence electrons. The number of aryl methyl sites for hydroxylation is 2. The Hall–Kier alpha value is -2.58. The van der Waals surface area contributed by atoms with Crippen molar-refractivity contribution in [3.8, 4) is 0 Å². The molecule has 2 heteroatoms. The Labute approximate surface area is 170 Å². The zero-order valence-electron chi connectivity index (χ0n) is 16.8. The molecule has 0 spiro atoms. The quantitative estimate of drug-likeness (QED) is 0.437. The molecule has 0 bridgehead atoms. The summed E-state index contributed by atoms with van der Waals surface area (Å²) in [5, 5.41) is 6.99. The Bertz CT molecular complexity index is 898. The molecule has 0 saturated carbocycles. The van der Waals surface area contributed by atoms with Crippen LogP contribution in [0.3, 0.4) is 0 Å². The third kappa shape index (κ3) is 5.71. The fraction of sp³-hybridized carbons (Fsp3) is 0.231. The maximum Gasteiger partial charge on any atom is 0.0417 e. The lowest BCUT2D eigenvalue weighted by Gasteiger charge is -2.13. The first kappa shape index (κ1) is 20.2. The van der Waals surface area contributed by atoms with Gasteiger partial charge in [-0.3, -0.25) is 0 Å². The van der Waals surface area contributed by atoms with Crippen molar-refractivity contribution in [2.24, 2.45) is 0 Å². The highest BCUT2D eigenvalue weighted by Crippen LogP contribution is 2.24. The van der Waals surface area contributed by atoms with Gasteiger partial charge in [-0.25, -0.2) is 0 Å². The van der Waals surface area contributed by atoms with E-state index in [1.807, 2.05) is 24.3 Å². The molecule has 0 amide bonds. The van der Waals surface area contributed by atoms with Gasteiger partial charge in [-0.1, -0.05) is 54.6 Å². The highest BCUT2D eigenvalue weighted by molar-refractivity contribution is 5.67. The van der Waals surface area contributed by atoms with Gasteiger partial charge in [0.1, 0.15) is 0 Å². The Morgan fingerprint density at radius 2 is 1.54 bits per heavy atom. The van der Waals surface area contributed by atoms with E-state index in [9.17, 15) is 0 Å². The van der Waals surface area contributed by atoms with Crippen LogP contribution in [0.5, 0.6) is 0 Å². The van der Waals surface area contributed by atoms with Gasteiger partial charge >= 0.3 is 0 Å². The SMILES string of the molecule is [CH2]c1ccccc1Nc1ccc(CCCCNCc2ccccc2C)cc1[CH2]. The molecule has 2 nitrogen and oxygen atoms in total. The van der Waals surface area contributed by atoms with E-state index in [1.165, 1.54) is 29.5 Å². The number of nitrogens with one attached hydrogen (secondary N) is 2. The van der Waals surface area contributed by atoms with Crippen LogP contribution in [0.4, 0.5) is 11.4 Å². The van der Waals surface area contributed by atoms with E-state index < -0.39 is 0 Å².